The molecule has 0 aliphatic rings. The quantitative estimate of drug-likeness (QED) is 0.733. The van der Waals surface area contributed by atoms with Gasteiger partial charge in [-0.2, -0.15) is 0 Å². The number of hydrogen-bond acceptors (Lipinski definition) is 2. The van der Waals surface area contributed by atoms with E-state index in [0.717, 1.165) is 5.56 Å². The smallest absolute Gasteiger partial charge is 0.251 e. The SMILES string of the molecule is O=C(CCCNC(=O)c1ccc(Cl)cc1)NCc1ccc(Cl)cc1. The molecular weight excluding hydrogens is 347 g/mol. The van der Waals surface area contributed by atoms with Crippen molar-refractivity contribution in [3.05, 3.63) is 69.7 Å². The van der Waals surface area contributed by atoms with Gasteiger partial charge in [-0.1, -0.05) is 35.3 Å². The van der Waals surface area contributed by atoms with Gasteiger partial charge in [0.15, 0.2) is 0 Å². The van der Waals surface area contributed by atoms with E-state index >= 15 is 0 Å². The minimum absolute atomic E-state index is 0.0503. The summed E-state index contributed by atoms with van der Waals surface area (Å²) in [5.74, 6) is -0.223. The minimum Gasteiger partial charge on any atom is -0.352 e. The summed E-state index contributed by atoms with van der Waals surface area (Å²) in [5, 5.41) is 6.87. The van der Waals surface area contributed by atoms with Gasteiger partial charge in [0.2, 0.25) is 5.91 Å². The standard InChI is InChI=1S/C18H18Cl2N2O2/c19-15-7-3-13(4-8-15)12-22-17(23)2-1-11-21-18(24)14-5-9-16(20)10-6-14/h3-10H,1-2,11-12H2,(H,21,24)(H,22,23). The van der Waals surface area contributed by atoms with Crippen molar-refractivity contribution in [1.29, 1.82) is 0 Å². The highest BCUT2D eigenvalue weighted by Crippen LogP contribution is 2.10. The molecule has 126 valence electrons. The molecular formula is C18H18Cl2N2O2. The number of nitrogens with one attached hydrogen (secondary N) is 2. The lowest BCUT2D eigenvalue weighted by molar-refractivity contribution is -0.121. The van der Waals surface area contributed by atoms with E-state index in [2.05, 4.69) is 10.6 Å². The van der Waals surface area contributed by atoms with E-state index < -0.39 is 0 Å². The van der Waals surface area contributed by atoms with Gasteiger partial charge in [-0.25, -0.2) is 0 Å². The van der Waals surface area contributed by atoms with Gasteiger partial charge in [0.25, 0.3) is 5.91 Å². The van der Waals surface area contributed by atoms with Crippen LogP contribution in [-0.2, 0) is 11.3 Å². The molecule has 0 radical (unpaired) electrons. The predicted octanol–water partition coefficient (Wildman–Crippen LogP) is 3.82. The molecule has 6 heteroatoms. The maximum Gasteiger partial charge on any atom is 0.251 e. The lowest BCUT2D eigenvalue weighted by Crippen LogP contribution is -2.27. The third-order valence-electron chi connectivity index (χ3n) is 3.38. The summed E-state index contributed by atoms with van der Waals surface area (Å²) in [4.78, 5) is 23.6. The van der Waals surface area contributed by atoms with E-state index in [4.69, 9.17) is 23.2 Å². The van der Waals surface area contributed by atoms with Crippen LogP contribution in [0.4, 0.5) is 0 Å². The molecule has 2 aromatic rings. The average molecular weight is 365 g/mol. The molecule has 0 aromatic heterocycles. The first-order chi connectivity index (χ1) is 11.5. The zero-order chi connectivity index (χ0) is 17.4. The van der Waals surface area contributed by atoms with Crippen molar-refractivity contribution < 1.29 is 9.59 Å². The van der Waals surface area contributed by atoms with Crippen molar-refractivity contribution in [1.82, 2.24) is 10.6 Å². The maximum absolute atomic E-state index is 11.9. The fourth-order valence-corrected chi connectivity index (χ4v) is 2.30. The number of benzene rings is 2. The number of hydrogen-bond donors (Lipinski definition) is 2. The van der Waals surface area contributed by atoms with E-state index in [0.29, 0.717) is 41.5 Å². The molecule has 2 rings (SSSR count). The summed E-state index contributed by atoms with van der Waals surface area (Å²) < 4.78 is 0. The molecule has 0 atom stereocenters. The highest BCUT2D eigenvalue weighted by atomic mass is 35.5. The molecule has 4 nitrogen and oxygen atoms in total. The third-order valence-corrected chi connectivity index (χ3v) is 3.88. The van der Waals surface area contributed by atoms with Gasteiger partial charge in [0.05, 0.1) is 0 Å². The lowest BCUT2D eigenvalue weighted by atomic mass is 10.2. The number of rotatable bonds is 7. The summed E-state index contributed by atoms with van der Waals surface area (Å²) in [6.45, 7) is 0.906. The highest BCUT2D eigenvalue weighted by molar-refractivity contribution is 6.30. The topological polar surface area (TPSA) is 58.2 Å². The summed E-state index contributed by atoms with van der Waals surface area (Å²) >= 11 is 11.6. The van der Waals surface area contributed by atoms with Crippen LogP contribution in [0.5, 0.6) is 0 Å². The zero-order valence-corrected chi connectivity index (χ0v) is 14.5. The Balaban J connectivity index is 1.63. The average Bonchev–Trinajstić information content (AvgIpc) is 2.58. The number of halogens is 2. The Morgan fingerprint density at radius 3 is 2.04 bits per heavy atom. The van der Waals surface area contributed by atoms with Crippen LogP contribution in [0.1, 0.15) is 28.8 Å². The van der Waals surface area contributed by atoms with Crippen LogP contribution in [0.2, 0.25) is 10.0 Å². The van der Waals surface area contributed by atoms with Gasteiger partial charge in [-0.3, -0.25) is 9.59 Å². The maximum atomic E-state index is 11.9. The second-order valence-electron chi connectivity index (χ2n) is 5.27. The molecule has 0 unspecified atom stereocenters. The Hall–Kier alpha value is -2.04. The van der Waals surface area contributed by atoms with Crippen molar-refractivity contribution in [2.45, 2.75) is 19.4 Å². The van der Waals surface area contributed by atoms with Crippen LogP contribution in [0.15, 0.2) is 48.5 Å². The first-order valence-electron chi connectivity index (χ1n) is 7.59. The van der Waals surface area contributed by atoms with Gasteiger partial charge in [-0.05, 0) is 48.4 Å². The molecule has 0 aliphatic carbocycles. The first kappa shape index (κ1) is 18.3. The van der Waals surface area contributed by atoms with Crippen LogP contribution in [-0.4, -0.2) is 18.4 Å². The second kappa shape index (κ2) is 9.30. The second-order valence-corrected chi connectivity index (χ2v) is 6.14. The fourth-order valence-electron chi connectivity index (χ4n) is 2.05. The molecule has 0 saturated heterocycles. The molecule has 0 heterocycles. The molecule has 0 bridgehead atoms. The predicted molar refractivity (Wildman–Crippen MR) is 96.3 cm³/mol. The molecule has 2 amide bonds. The van der Waals surface area contributed by atoms with Gasteiger partial charge in [-0.15, -0.1) is 0 Å². The van der Waals surface area contributed by atoms with E-state index in [1.165, 1.54) is 0 Å². The van der Waals surface area contributed by atoms with E-state index in [9.17, 15) is 9.59 Å². The number of amides is 2. The molecule has 2 aromatic carbocycles. The zero-order valence-electron chi connectivity index (χ0n) is 13.0. The van der Waals surface area contributed by atoms with Crippen molar-refractivity contribution in [3.8, 4) is 0 Å². The van der Waals surface area contributed by atoms with E-state index in [1.54, 1.807) is 36.4 Å². The minimum atomic E-state index is -0.173. The van der Waals surface area contributed by atoms with E-state index in [-0.39, 0.29) is 11.8 Å². The third kappa shape index (κ3) is 6.22. The van der Waals surface area contributed by atoms with Crippen LogP contribution in [0.25, 0.3) is 0 Å². The summed E-state index contributed by atoms with van der Waals surface area (Å²) in [5.41, 5.74) is 1.54. The Morgan fingerprint density at radius 1 is 0.833 bits per heavy atom. The van der Waals surface area contributed by atoms with Crippen LogP contribution in [0.3, 0.4) is 0 Å². The monoisotopic (exact) mass is 364 g/mol. The van der Waals surface area contributed by atoms with Crippen LogP contribution >= 0.6 is 23.2 Å². The summed E-state index contributed by atoms with van der Waals surface area (Å²) in [7, 11) is 0. The summed E-state index contributed by atoms with van der Waals surface area (Å²) in [6, 6.07) is 14.0. The van der Waals surface area contributed by atoms with E-state index in [1.807, 2.05) is 12.1 Å². The van der Waals surface area contributed by atoms with Gasteiger partial charge in [0, 0.05) is 35.1 Å². The molecule has 0 spiro atoms. The number of carbonyl (C=O) groups is 2. The molecule has 0 saturated carbocycles. The highest BCUT2D eigenvalue weighted by Gasteiger charge is 2.06. The van der Waals surface area contributed by atoms with Crippen LogP contribution < -0.4 is 10.6 Å². The van der Waals surface area contributed by atoms with Crippen molar-refractivity contribution in [2.24, 2.45) is 0 Å². The van der Waals surface area contributed by atoms with Crippen molar-refractivity contribution in [2.75, 3.05) is 6.54 Å². The van der Waals surface area contributed by atoms with Gasteiger partial charge >= 0.3 is 0 Å². The van der Waals surface area contributed by atoms with Gasteiger partial charge < -0.3 is 10.6 Å². The largest absolute Gasteiger partial charge is 0.352 e. The Morgan fingerprint density at radius 2 is 1.42 bits per heavy atom. The molecule has 0 fully saturated rings. The van der Waals surface area contributed by atoms with Crippen LogP contribution in [0, 0.1) is 0 Å². The molecule has 0 aliphatic heterocycles. The Kier molecular flexibility index (Phi) is 7.09. The molecule has 24 heavy (non-hydrogen) atoms. The number of carbonyl (C=O) groups excluding carboxylic acids is 2. The van der Waals surface area contributed by atoms with Crippen molar-refractivity contribution >= 4 is 35.0 Å². The Labute approximate surface area is 151 Å². The Bertz CT molecular complexity index is 685. The first-order valence-corrected chi connectivity index (χ1v) is 8.35. The lowest BCUT2D eigenvalue weighted by Gasteiger charge is -2.07. The summed E-state index contributed by atoms with van der Waals surface area (Å²) in [6.07, 6.45) is 0.931. The fraction of sp³-hybridized carbons (Fsp3) is 0.222. The van der Waals surface area contributed by atoms with Crippen molar-refractivity contribution in [3.63, 3.8) is 0 Å². The van der Waals surface area contributed by atoms with Gasteiger partial charge in [0.1, 0.15) is 0 Å². The normalized spacial score (nSPS) is 10.2. The molecule has 2 N–H and O–H groups in total.